The molecule has 1 aromatic carbocycles. The standard InChI is InChI=1S/C14H21ClN2O2S/c1-2-20(18,19)17-9-7-13(8-10-17)16-11-12-5-3-4-6-14(12)15/h3-6,13,16H,2,7-11H2,1H3. The summed E-state index contributed by atoms with van der Waals surface area (Å²) in [5.74, 6) is 0.185. The monoisotopic (exact) mass is 316 g/mol. The minimum Gasteiger partial charge on any atom is -0.310 e. The Balaban J connectivity index is 1.82. The van der Waals surface area contributed by atoms with Crippen LogP contribution < -0.4 is 5.32 Å². The Bertz CT molecular complexity index is 540. The Kier molecular flexibility index (Phi) is 5.43. The lowest BCUT2D eigenvalue weighted by atomic mass is 10.1. The molecule has 4 nitrogen and oxygen atoms in total. The van der Waals surface area contributed by atoms with Crippen LogP contribution in [0, 0.1) is 0 Å². The highest BCUT2D eigenvalue weighted by Gasteiger charge is 2.26. The maximum Gasteiger partial charge on any atom is 0.213 e. The van der Waals surface area contributed by atoms with E-state index in [4.69, 9.17) is 11.6 Å². The van der Waals surface area contributed by atoms with E-state index < -0.39 is 10.0 Å². The van der Waals surface area contributed by atoms with E-state index >= 15 is 0 Å². The lowest BCUT2D eigenvalue weighted by molar-refractivity contribution is 0.289. The van der Waals surface area contributed by atoms with Crippen LogP contribution in [0.15, 0.2) is 24.3 Å². The summed E-state index contributed by atoms with van der Waals surface area (Å²) in [4.78, 5) is 0. The van der Waals surface area contributed by atoms with Gasteiger partial charge >= 0.3 is 0 Å². The molecule has 0 aromatic heterocycles. The average molecular weight is 317 g/mol. The third-order valence-corrected chi connectivity index (χ3v) is 6.00. The fraction of sp³-hybridized carbons (Fsp3) is 0.571. The average Bonchev–Trinajstić information content (AvgIpc) is 2.47. The number of rotatable bonds is 5. The van der Waals surface area contributed by atoms with Gasteiger partial charge in [-0.3, -0.25) is 0 Å². The fourth-order valence-corrected chi connectivity index (χ4v) is 3.75. The minimum atomic E-state index is -3.03. The number of nitrogens with zero attached hydrogens (tertiary/aromatic N) is 1. The highest BCUT2D eigenvalue weighted by molar-refractivity contribution is 7.89. The molecule has 1 saturated heterocycles. The van der Waals surface area contributed by atoms with Crippen molar-refractivity contribution in [3.63, 3.8) is 0 Å². The maximum absolute atomic E-state index is 11.8. The van der Waals surface area contributed by atoms with E-state index in [1.165, 1.54) is 0 Å². The SMILES string of the molecule is CCS(=O)(=O)N1CCC(NCc2ccccc2Cl)CC1. The zero-order chi connectivity index (χ0) is 14.6. The first-order valence-electron chi connectivity index (χ1n) is 6.97. The van der Waals surface area contributed by atoms with Gasteiger partial charge in [0.1, 0.15) is 0 Å². The molecule has 20 heavy (non-hydrogen) atoms. The Morgan fingerprint density at radius 3 is 2.55 bits per heavy atom. The molecule has 112 valence electrons. The summed E-state index contributed by atoms with van der Waals surface area (Å²) >= 11 is 6.12. The number of hydrogen-bond donors (Lipinski definition) is 1. The molecule has 2 rings (SSSR count). The first kappa shape index (κ1) is 15.8. The van der Waals surface area contributed by atoms with Crippen molar-refractivity contribution in [2.75, 3.05) is 18.8 Å². The minimum absolute atomic E-state index is 0.185. The van der Waals surface area contributed by atoms with E-state index in [1.54, 1.807) is 11.2 Å². The third kappa shape index (κ3) is 3.95. The van der Waals surface area contributed by atoms with Gasteiger partial charge in [-0.1, -0.05) is 29.8 Å². The summed E-state index contributed by atoms with van der Waals surface area (Å²) in [6.07, 6.45) is 1.70. The predicted molar refractivity (Wildman–Crippen MR) is 82.3 cm³/mol. The second-order valence-corrected chi connectivity index (χ2v) is 7.71. The molecule has 1 aliphatic rings. The van der Waals surface area contributed by atoms with Gasteiger partial charge in [0.05, 0.1) is 5.75 Å². The van der Waals surface area contributed by atoms with Crippen LogP contribution in [0.3, 0.4) is 0 Å². The largest absolute Gasteiger partial charge is 0.310 e. The van der Waals surface area contributed by atoms with Gasteiger partial charge in [-0.2, -0.15) is 0 Å². The van der Waals surface area contributed by atoms with E-state index in [0.29, 0.717) is 19.1 Å². The van der Waals surface area contributed by atoms with Crippen LogP contribution in [-0.2, 0) is 16.6 Å². The lowest BCUT2D eigenvalue weighted by Gasteiger charge is -2.31. The molecule has 0 atom stereocenters. The molecule has 0 spiro atoms. The van der Waals surface area contributed by atoms with Gasteiger partial charge in [0.2, 0.25) is 10.0 Å². The number of nitrogens with one attached hydrogen (secondary N) is 1. The second-order valence-electron chi connectivity index (χ2n) is 5.05. The molecular weight excluding hydrogens is 296 g/mol. The van der Waals surface area contributed by atoms with Gasteiger partial charge in [-0.25, -0.2) is 12.7 Å². The van der Waals surface area contributed by atoms with Gasteiger partial charge in [-0.05, 0) is 31.4 Å². The molecule has 1 aliphatic heterocycles. The summed E-state index contributed by atoms with van der Waals surface area (Å²) in [6, 6.07) is 8.13. The molecule has 1 fully saturated rings. The van der Waals surface area contributed by atoms with Gasteiger partial charge in [0, 0.05) is 30.7 Å². The number of halogens is 1. The molecule has 1 aromatic rings. The van der Waals surface area contributed by atoms with E-state index in [0.717, 1.165) is 30.0 Å². The first-order valence-corrected chi connectivity index (χ1v) is 8.96. The third-order valence-electron chi connectivity index (χ3n) is 3.75. The van der Waals surface area contributed by atoms with Crippen molar-refractivity contribution in [2.24, 2.45) is 0 Å². The zero-order valence-corrected chi connectivity index (χ0v) is 13.3. The van der Waals surface area contributed by atoms with Crippen LogP contribution in [0.1, 0.15) is 25.3 Å². The highest BCUT2D eigenvalue weighted by Crippen LogP contribution is 2.17. The summed E-state index contributed by atoms with van der Waals surface area (Å²) in [6.45, 7) is 3.63. The van der Waals surface area contributed by atoms with E-state index in [2.05, 4.69) is 5.32 Å². The normalized spacial score (nSPS) is 18.3. The predicted octanol–water partition coefficient (Wildman–Crippen LogP) is 2.24. The highest BCUT2D eigenvalue weighted by atomic mass is 35.5. The van der Waals surface area contributed by atoms with Gasteiger partial charge < -0.3 is 5.32 Å². The molecule has 1 heterocycles. The number of benzene rings is 1. The van der Waals surface area contributed by atoms with Crippen LogP contribution >= 0.6 is 11.6 Å². The number of piperidine rings is 1. The molecule has 0 bridgehead atoms. The van der Waals surface area contributed by atoms with Crippen molar-refractivity contribution >= 4 is 21.6 Å². The van der Waals surface area contributed by atoms with Crippen LogP contribution in [0.2, 0.25) is 5.02 Å². The van der Waals surface area contributed by atoms with Crippen molar-refractivity contribution in [2.45, 2.75) is 32.4 Å². The molecule has 0 amide bonds. The van der Waals surface area contributed by atoms with Gasteiger partial charge in [0.25, 0.3) is 0 Å². The van der Waals surface area contributed by atoms with Crippen molar-refractivity contribution in [3.05, 3.63) is 34.9 Å². The summed E-state index contributed by atoms with van der Waals surface area (Å²) < 4.78 is 25.1. The van der Waals surface area contributed by atoms with E-state index in [9.17, 15) is 8.42 Å². The van der Waals surface area contributed by atoms with E-state index in [1.807, 2.05) is 24.3 Å². The number of sulfonamides is 1. The van der Waals surface area contributed by atoms with Crippen LogP contribution in [0.4, 0.5) is 0 Å². The van der Waals surface area contributed by atoms with Gasteiger partial charge in [-0.15, -0.1) is 0 Å². The Morgan fingerprint density at radius 1 is 1.30 bits per heavy atom. The molecule has 0 unspecified atom stereocenters. The fourth-order valence-electron chi connectivity index (χ4n) is 2.42. The summed E-state index contributed by atoms with van der Waals surface area (Å²) in [5.41, 5.74) is 1.08. The first-order chi connectivity index (χ1) is 9.53. The summed E-state index contributed by atoms with van der Waals surface area (Å²) in [5, 5.41) is 4.23. The molecule has 1 N–H and O–H groups in total. The molecular formula is C14H21ClN2O2S. The zero-order valence-electron chi connectivity index (χ0n) is 11.7. The molecule has 0 saturated carbocycles. The quantitative estimate of drug-likeness (QED) is 0.906. The Morgan fingerprint density at radius 2 is 1.95 bits per heavy atom. The Labute approximate surface area is 126 Å². The molecule has 6 heteroatoms. The van der Waals surface area contributed by atoms with E-state index in [-0.39, 0.29) is 5.75 Å². The smallest absolute Gasteiger partial charge is 0.213 e. The number of hydrogen-bond acceptors (Lipinski definition) is 3. The molecule has 0 aliphatic carbocycles. The van der Waals surface area contributed by atoms with Crippen molar-refractivity contribution in [1.29, 1.82) is 0 Å². The van der Waals surface area contributed by atoms with Crippen LogP contribution in [0.25, 0.3) is 0 Å². The lowest BCUT2D eigenvalue weighted by Crippen LogP contribution is -2.45. The van der Waals surface area contributed by atoms with Crippen LogP contribution in [-0.4, -0.2) is 37.6 Å². The maximum atomic E-state index is 11.8. The molecule has 0 radical (unpaired) electrons. The Hall–Kier alpha value is -0.620. The van der Waals surface area contributed by atoms with Crippen molar-refractivity contribution in [3.8, 4) is 0 Å². The van der Waals surface area contributed by atoms with Crippen molar-refractivity contribution < 1.29 is 8.42 Å². The van der Waals surface area contributed by atoms with Crippen molar-refractivity contribution in [1.82, 2.24) is 9.62 Å². The second kappa shape index (κ2) is 6.89. The summed E-state index contributed by atoms with van der Waals surface area (Å²) in [7, 11) is -3.03. The van der Waals surface area contributed by atoms with Gasteiger partial charge in [0.15, 0.2) is 0 Å². The topological polar surface area (TPSA) is 49.4 Å². The van der Waals surface area contributed by atoms with Crippen LogP contribution in [0.5, 0.6) is 0 Å².